The molecule has 0 heterocycles. The van der Waals surface area contributed by atoms with Gasteiger partial charge in [0.15, 0.2) is 0 Å². The number of benzene rings is 12. The molecule has 12 rings (SSSR count). The molecule has 0 aliphatic carbocycles. The van der Waals surface area contributed by atoms with Crippen molar-refractivity contribution in [2.24, 2.45) is 0 Å². The second kappa shape index (κ2) is 16.7. The topological polar surface area (TPSA) is 36.9 Å². The van der Waals surface area contributed by atoms with E-state index in [1.165, 1.54) is 64.6 Å². The fraction of sp³-hybridized carbons (Fsp3) is 0.0625. The van der Waals surface area contributed by atoms with Gasteiger partial charge in [-0.1, -0.05) is 133 Å². The van der Waals surface area contributed by atoms with Crippen LogP contribution in [0.3, 0.4) is 0 Å². The third-order valence-electron chi connectivity index (χ3n) is 13.8. The summed E-state index contributed by atoms with van der Waals surface area (Å²) >= 11 is 0. The van der Waals surface area contributed by atoms with Crippen molar-refractivity contribution in [3.05, 3.63) is 240 Å². The molecule has 12 aromatic carbocycles. The number of ether oxygens (including phenoxy) is 4. The van der Waals surface area contributed by atoms with E-state index in [9.17, 15) is 0 Å². The molecule has 4 nitrogen and oxygen atoms in total. The molecule has 0 amide bonds. The first-order valence-electron chi connectivity index (χ1n) is 22.9. The van der Waals surface area contributed by atoms with E-state index in [4.69, 9.17) is 18.9 Å². The molecule has 0 spiro atoms. The van der Waals surface area contributed by atoms with Gasteiger partial charge in [-0.05, 0) is 193 Å². The second-order valence-corrected chi connectivity index (χ2v) is 17.4. The summed E-state index contributed by atoms with van der Waals surface area (Å²) in [6.45, 7) is 0. The highest BCUT2D eigenvalue weighted by atomic mass is 16.5. The van der Waals surface area contributed by atoms with Crippen molar-refractivity contribution in [2.75, 3.05) is 28.4 Å². The minimum atomic E-state index is 0.777. The molecular weight excluding hydrogens is 833 g/mol. The predicted octanol–water partition coefficient (Wildman–Crippen LogP) is 16.1. The van der Waals surface area contributed by atoms with Crippen molar-refractivity contribution in [3.8, 4) is 23.0 Å². The van der Waals surface area contributed by atoms with Crippen LogP contribution in [0.1, 0.15) is 33.4 Å². The molecule has 68 heavy (non-hydrogen) atoms. The van der Waals surface area contributed by atoms with Crippen LogP contribution < -0.4 is 18.9 Å². The first-order valence-corrected chi connectivity index (χ1v) is 22.9. The van der Waals surface area contributed by atoms with E-state index in [0.29, 0.717) is 0 Å². The third kappa shape index (κ3) is 6.84. The fourth-order valence-corrected chi connectivity index (χ4v) is 10.6. The van der Waals surface area contributed by atoms with Gasteiger partial charge in [0.25, 0.3) is 0 Å². The Kier molecular flexibility index (Phi) is 10.0. The summed E-state index contributed by atoms with van der Waals surface area (Å²) in [6.07, 6.45) is 0. The minimum Gasteiger partial charge on any atom is -0.497 e. The summed E-state index contributed by atoms with van der Waals surface area (Å²) in [7, 11) is 6.87. The third-order valence-corrected chi connectivity index (χ3v) is 13.8. The summed E-state index contributed by atoms with van der Waals surface area (Å²) in [5.74, 6) is 3.13. The highest BCUT2D eigenvalue weighted by Gasteiger charge is 2.26. The van der Waals surface area contributed by atoms with Gasteiger partial charge in [0.1, 0.15) is 23.0 Å². The largest absolute Gasteiger partial charge is 0.497 e. The number of rotatable bonds is 11. The Morgan fingerprint density at radius 2 is 0.471 bits per heavy atom. The zero-order valence-electron chi connectivity index (χ0n) is 38.3. The van der Waals surface area contributed by atoms with E-state index >= 15 is 0 Å². The molecule has 0 unspecified atom stereocenters. The number of hydrogen-bond acceptors (Lipinski definition) is 4. The lowest BCUT2D eigenvalue weighted by Crippen LogP contribution is -2.04. The monoisotopic (exact) mass is 878 g/mol. The summed E-state index contributed by atoms with van der Waals surface area (Å²) in [6, 6.07) is 74.8. The van der Waals surface area contributed by atoms with Crippen LogP contribution in [-0.2, 0) is 0 Å². The number of allylic oxidation sites excluding steroid dienone is 2. The number of methoxy groups -OCH3 is 4. The Labute approximate surface area is 395 Å². The standard InChI is InChI=1S/C64H46O4/c1-65-53-27-19-43(20-28-53)59(51-35-47-15-11-39-7-5-8-40-12-16-48(36-51)61(47)57(39)40)63(45-23-31-55(67-3)32-24-45)64(46-25-33-56(68-4)34-26-46)60(44-21-29-54(66-2)30-22-44)52-37-49-17-13-41-9-6-10-42-14-18-50(38-52)62(49)58(41)42/h5-38H,1-4H3/b63-59-,64-60-. The smallest absolute Gasteiger partial charge is 0.118 e. The first-order chi connectivity index (χ1) is 33.5. The molecule has 12 aromatic rings. The van der Waals surface area contributed by atoms with E-state index in [0.717, 1.165) is 78.7 Å². The Bertz CT molecular complexity index is 3510. The molecule has 0 saturated carbocycles. The van der Waals surface area contributed by atoms with Crippen LogP contribution in [0.2, 0.25) is 0 Å². The average Bonchev–Trinajstić information content (AvgIpc) is 3.40. The first kappa shape index (κ1) is 40.9. The molecule has 0 fully saturated rings. The Hall–Kier alpha value is -8.60. The van der Waals surface area contributed by atoms with Gasteiger partial charge in [-0.15, -0.1) is 0 Å². The number of hydrogen-bond donors (Lipinski definition) is 0. The average molecular weight is 879 g/mol. The fourth-order valence-electron chi connectivity index (χ4n) is 10.6. The zero-order chi connectivity index (χ0) is 45.9. The van der Waals surface area contributed by atoms with Crippen molar-refractivity contribution < 1.29 is 18.9 Å². The van der Waals surface area contributed by atoms with Crippen molar-refractivity contribution in [3.63, 3.8) is 0 Å². The molecule has 0 atom stereocenters. The van der Waals surface area contributed by atoms with E-state index < -0.39 is 0 Å². The molecule has 326 valence electrons. The molecule has 0 bridgehead atoms. The molecule has 0 N–H and O–H groups in total. The lowest BCUT2D eigenvalue weighted by molar-refractivity contribution is 0.414. The van der Waals surface area contributed by atoms with Crippen LogP contribution in [0.5, 0.6) is 23.0 Å². The summed E-state index contributed by atoms with van der Waals surface area (Å²) < 4.78 is 23.2. The Morgan fingerprint density at radius 3 is 0.735 bits per heavy atom. The SMILES string of the molecule is COc1ccc(C(/C(=C(/c2ccc(OC)cc2)c2cc3ccc4cccc5ccc(c2)c3c45)c2ccc(OC)cc2)=C(\c2ccc(OC)cc2)c2cc3ccc4cccc5ccc(c2)c3c45)cc1. The van der Waals surface area contributed by atoms with Gasteiger partial charge >= 0.3 is 0 Å². The molecular formula is C64H46O4. The van der Waals surface area contributed by atoms with Gasteiger partial charge in [-0.3, -0.25) is 0 Å². The lowest BCUT2D eigenvalue weighted by atomic mass is 9.77. The molecule has 0 aliphatic rings. The van der Waals surface area contributed by atoms with Crippen molar-refractivity contribution in [1.29, 1.82) is 0 Å². The summed E-state index contributed by atoms with van der Waals surface area (Å²) in [5.41, 5.74) is 10.5. The van der Waals surface area contributed by atoms with Crippen LogP contribution >= 0.6 is 0 Å². The van der Waals surface area contributed by atoms with Crippen molar-refractivity contribution in [2.45, 2.75) is 0 Å². The van der Waals surface area contributed by atoms with Gasteiger partial charge in [0.05, 0.1) is 28.4 Å². The Balaban J connectivity index is 1.29. The molecule has 4 heteroatoms. The molecule has 0 saturated heterocycles. The normalized spacial score (nSPS) is 12.6. The van der Waals surface area contributed by atoms with Gasteiger partial charge in [-0.2, -0.15) is 0 Å². The van der Waals surface area contributed by atoms with E-state index in [1.54, 1.807) is 28.4 Å². The van der Waals surface area contributed by atoms with Gasteiger partial charge in [0.2, 0.25) is 0 Å². The minimum absolute atomic E-state index is 0.777. The zero-order valence-corrected chi connectivity index (χ0v) is 38.3. The van der Waals surface area contributed by atoms with Crippen LogP contribution in [0.15, 0.2) is 206 Å². The van der Waals surface area contributed by atoms with Gasteiger partial charge in [0, 0.05) is 0 Å². The highest BCUT2D eigenvalue weighted by molar-refractivity contribution is 6.29. The predicted molar refractivity (Wildman–Crippen MR) is 284 cm³/mol. The molecule has 0 aliphatic heterocycles. The van der Waals surface area contributed by atoms with Crippen LogP contribution in [0.4, 0.5) is 0 Å². The van der Waals surface area contributed by atoms with E-state index in [2.05, 4.69) is 206 Å². The Morgan fingerprint density at radius 1 is 0.235 bits per heavy atom. The van der Waals surface area contributed by atoms with Crippen LogP contribution in [0, 0.1) is 0 Å². The molecule has 0 radical (unpaired) electrons. The van der Waals surface area contributed by atoms with Gasteiger partial charge < -0.3 is 18.9 Å². The summed E-state index contributed by atoms with van der Waals surface area (Å²) in [5, 5.41) is 14.8. The maximum Gasteiger partial charge on any atom is 0.118 e. The van der Waals surface area contributed by atoms with E-state index in [1.807, 2.05) is 0 Å². The lowest BCUT2D eigenvalue weighted by Gasteiger charge is -2.26. The summed E-state index contributed by atoms with van der Waals surface area (Å²) in [4.78, 5) is 0. The van der Waals surface area contributed by atoms with Crippen LogP contribution in [0.25, 0.3) is 86.9 Å². The van der Waals surface area contributed by atoms with Crippen LogP contribution in [-0.4, -0.2) is 28.4 Å². The maximum atomic E-state index is 5.82. The second-order valence-electron chi connectivity index (χ2n) is 17.4. The van der Waals surface area contributed by atoms with Crippen molar-refractivity contribution in [1.82, 2.24) is 0 Å². The van der Waals surface area contributed by atoms with Gasteiger partial charge in [-0.25, -0.2) is 0 Å². The molecule has 0 aromatic heterocycles. The quantitative estimate of drug-likeness (QED) is 0.0737. The van der Waals surface area contributed by atoms with E-state index in [-0.39, 0.29) is 0 Å². The maximum absolute atomic E-state index is 5.82. The highest BCUT2D eigenvalue weighted by Crippen LogP contribution is 2.49. The van der Waals surface area contributed by atoms with Crippen molar-refractivity contribution >= 4 is 86.9 Å².